The van der Waals surface area contributed by atoms with E-state index < -0.39 is 0 Å². The van der Waals surface area contributed by atoms with Gasteiger partial charge in [0.05, 0.1) is 12.2 Å². The van der Waals surface area contributed by atoms with Crippen LogP contribution in [-0.2, 0) is 11.3 Å². The molecule has 3 aromatic rings. The van der Waals surface area contributed by atoms with E-state index in [0.29, 0.717) is 12.1 Å². The Labute approximate surface area is 162 Å². The van der Waals surface area contributed by atoms with Crippen molar-refractivity contribution in [3.8, 4) is 10.6 Å². The van der Waals surface area contributed by atoms with Crippen LogP contribution in [0.5, 0.6) is 0 Å². The van der Waals surface area contributed by atoms with E-state index in [-0.39, 0.29) is 24.5 Å². The summed E-state index contributed by atoms with van der Waals surface area (Å²) >= 11 is 1.52. The van der Waals surface area contributed by atoms with E-state index in [1.807, 2.05) is 49.6 Å². The van der Waals surface area contributed by atoms with Gasteiger partial charge in [-0.05, 0) is 43.2 Å². The second kappa shape index (κ2) is 8.68. The molecule has 0 radical (unpaired) electrons. The fourth-order valence-electron chi connectivity index (χ4n) is 2.57. The van der Waals surface area contributed by atoms with Crippen LogP contribution in [0.4, 0.5) is 0 Å². The molecule has 2 aromatic heterocycles. The van der Waals surface area contributed by atoms with Crippen molar-refractivity contribution in [2.75, 3.05) is 0 Å². The molecule has 27 heavy (non-hydrogen) atoms. The Hall–Kier alpha value is -2.86. The van der Waals surface area contributed by atoms with Gasteiger partial charge in [-0.2, -0.15) is 0 Å². The van der Waals surface area contributed by atoms with Gasteiger partial charge in [-0.25, -0.2) is 4.98 Å². The van der Waals surface area contributed by atoms with Crippen molar-refractivity contribution in [1.82, 2.24) is 15.3 Å². The van der Waals surface area contributed by atoms with Gasteiger partial charge in [-0.3, -0.25) is 14.6 Å². The molecule has 0 aliphatic carbocycles. The van der Waals surface area contributed by atoms with E-state index in [4.69, 9.17) is 0 Å². The minimum absolute atomic E-state index is 0.0132. The van der Waals surface area contributed by atoms with Crippen LogP contribution in [0.3, 0.4) is 0 Å². The third-order valence-corrected chi connectivity index (χ3v) is 5.28. The van der Waals surface area contributed by atoms with E-state index in [1.54, 1.807) is 12.4 Å². The van der Waals surface area contributed by atoms with Gasteiger partial charge in [0.1, 0.15) is 5.01 Å². The predicted octanol–water partition coefficient (Wildman–Crippen LogP) is 4.10. The quantitative estimate of drug-likeness (QED) is 0.627. The van der Waals surface area contributed by atoms with Crippen molar-refractivity contribution in [1.29, 1.82) is 0 Å². The minimum Gasteiger partial charge on any atom is -0.350 e. The Kier molecular flexibility index (Phi) is 6.08. The molecule has 2 heterocycles. The molecular formula is C21H21N3O2S. The Morgan fingerprint density at radius 3 is 2.70 bits per heavy atom. The third-order valence-electron chi connectivity index (χ3n) is 4.33. The lowest BCUT2D eigenvalue weighted by atomic mass is 10.0. The number of nitrogens with one attached hydrogen (secondary N) is 1. The van der Waals surface area contributed by atoms with Crippen LogP contribution >= 0.6 is 11.3 Å². The third kappa shape index (κ3) is 5.08. The summed E-state index contributed by atoms with van der Waals surface area (Å²) in [5.41, 5.74) is 4.65. The van der Waals surface area contributed by atoms with Gasteiger partial charge in [0.2, 0.25) is 5.91 Å². The van der Waals surface area contributed by atoms with Crippen molar-refractivity contribution >= 4 is 23.0 Å². The normalized spacial score (nSPS) is 10.6. The monoisotopic (exact) mass is 379 g/mol. The van der Waals surface area contributed by atoms with Crippen molar-refractivity contribution in [2.24, 2.45) is 0 Å². The Balaban J connectivity index is 1.48. The van der Waals surface area contributed by atoms with Crippen LogP contribution in [-0.4, -0.2) is 21.7 Å². The molecular weight excluding hydrogens is 358 g/mol. The molecule has 0 aliphatic heterocycles. The van der Waals surface area contributed by atoms with Crippen molar-refractivity contribution in [2.45, 2.75) is 33.2 Å². The molecule has 0 aliphatic rings. The summed E-state index contributed by atoms with van der Waals surface area (Å²) < 4.78 is 0. The topological polar surface area (TPSA) is 72.0 Å². The van der Waals surface area contributed by atoms with E-state index in [2.05, 4.69) is 15.3 Å². The first-order chi connectivity index (χ1) is 13.0. The van der Waals surface area contributed by atoms with Crippen molar-refractivity contribution < 1.29 is 9.59 Å². The average molecular weight is 379 g/mol. The standard InChI is InChI=1S/C21H21N3O2S/c1-14-5-6-16(10-15(14)2)19(25)7-8-20(26)23-12-18-13-27-21(24-18)17-4-3-9-22-11-17/h3-6,9-11,13H,7-8,12H2,1-2H3,(H,23,26). The molecule has 1 aromatic carbocycles. The van der Waals surface area contributed by atoms with Gasteiger partial charge < -0.3 is 5.32 Å². The number of amides is 1. The lowest BCUT2D eigenvalue weighted by molar-refractivity contribution is -0.121. The van der Waals surface area contributed by atoms with Crippen LogP contribution in [0.2, 0.25) is 0 Å². The second-order valence-corrected chi connectivity index (χ2v) is 7.24. The maximum atomic E-state index is 12.3. The first-order valence-corrected chi connectivity index (χ1v) is 9.63. The number of rotatable bonds is 7. The van der Waals surface area contributed by atoms with E-state index in [1.165, 1.54) is 11.3 Å². The van der Waals surface area contributed by atoms with E-state index in [9.17, 15) is 9.59 Å². The highest BCUT2D eigenvalue weighted by Crippen LogP contribution is 2.22. The van der Waals surface area contributed by atoms with Gasteiger partial charge in [0.15, 0.2) is 5.78 Å². The zero-order valence-corrected chi connectivity index (χ0v) is 16.2. The van der Waals surface area contributed by atoms with Gasteiger partial charge in [-0.1, -0.05) is 12.1 Å². The second-order valence-electron chi connectivity index (χ2n) is 6.38. The molecule has 138 valence electrons. The molecule has 0 fully saturated rings. The van der Waals surface area contributed by atoms with Gasteiger partial charge in [0.25, 0.3) is 0 Å². The summed E-state index contributed by atoms with van der Waals surface area (Å²) in [5, 5.41) is 5.62. The largest absolute Gasteiger partial charge is 0.350 e. The van der Waals surface area contributed by atoms with Crippen LogP contribution in [0.25, 0.3) is 10.6 Å². The maximum Gasteiger partial charge on any atom is 0.220 e. The lowest BCUT2D eigenvalue weighted by Gasteiger charge is -2.05. The average Bonchev–Trinajstić information content (AvgIpc) is 3.16. The zero-order chi connectivity index (χ0) is 19.2. The Morgan fingerprint density at radius 1 is 1.11 bits per heavy atom. The fourth-order valence-corrected chi connectivity index (χ4v) is 3.38. The smallest absolute Gasteiger partial charge is 0.220 e. The van der Waals surface area contributed by atoms with E-state index in [0.717, 1.165) is 27.4 Å². The van der Waals surface area contributed by atoms with Gasteiger partial charge >= 0.3 is 0 Å². The van der Waals surface area contributed by atoms with Crippen LogP contribution in [0.15, 0.2) is 48.1 Å². The fraction of sp³-hybridized carbons (Fsp3) is 0.238. The summed E-state index contributed by atoms with van der Waals surface area (Å²) in [6.45, 7) is 4.34. The SMILES string of the molecule is Cc1ccc(C(=O)CCC(=O)NCc2csc(-c3cccnc3)n2)cc1C. The molecule has 5 nitrogen and oxygen atoms in total. The molecule has 0 atom stereocenters. The number of hydrogen-bond donors (Lipinski definition) is 1. The molecule has 0 bridgehead atoms. The van der Waals surface area contributed by atoms with Gasteiger partial charge in [0, 0.05) is 41.7 Å². The van der Waals surface area contributed by atoms with Crippen molar-refractivity contribution in [3.63, 3.8) is 0 Å². The molecule has 0 saturated carbocycles. The first-order valence-electron chi connectivity index (χ1n) is 8.75. The number of carbonyl (C=O) groups excluding carboxylic acids is 2. The number of aryl methyl sites for hydroxylation is 2. The van der Waals surface area contributed by atoms with Crippen LogP contribution in [0.1, 0.15) is 40.0 Å². The minimum atomic E-state index is -0.150. The Morgan fingerprint density at radius 2 is 1.96 bits per heavy atom. The number of carbonyl (C=O) groups is 2. The van der Waals surface area contributed by atoms with Crippen molar-refractivity contribution in [3.05, 3.63) is 70.5 Å². The summed E-state index contributed by atoms with van der Waals surface area (Å²) in [4.78, 5) is 32.9. The van der Waals surface area contributed by atoms with Crippen LogP contribution in [0, 0.1) is 13.8 Å². The predicted molar refractivity (Wildman–Crippen MR) is 107 cm³/mol. The molecule has 1 N–H and O–H groups in total. The summed E-state index contributed by atoms with van der Waals surface area (Å²) in [6, 6.07) is 9.45. The lowest BCUT2D eigenvalue weighted by Crippen LogP contribution is -2.23. The number of ketones is 1. The number of pyridine rings is 1. The summed E-state index contributed by atoms with van der Waals surface area (Å²) in [6.07, 6.45) is 3.86. The summed E-state index contributed by atoms with van der Waals surface area (Å²) in [5.74, 6) is -0.163. The molecule has 3 rings (SSSR count). The number of hydrogen-bond acceptors (Lipinski definition) is 5. The Bertz CT molecular complexity index is 951. The van der Waals surface area contributed by atoms with Gasteiger partial charge in [-0.15, -0.1) is 11.3 Å². The number of aromatic nitrogens is 2. The van der Waals surface area contributed by atoms with Crippen LogP contribution < -0.4 is 5.32 Å². The highest BCUT2D eigenvalue weighted by molar-refractivity contribution is 7.13. The molecule has 6 heteroatoms. The molecule has 0 spiro atoms. The van der Waals surface area contributed by atoms with E-state index >= 15 is 0 Å². The number of thiazole rings is 1. The number of nitrogens with zero attached hydrogens (tertiary/aromatic N) is 2. The highest BCUT2D eigenvalue weighted by atomic mass is 32.1. The molecule has 0 unspecified atom stereocenters. The highest BCUT2D eigenvalue weighted by Gasteiger charge is 2.11. The number of Topliss-reactive ketones (excluding diaryl/α,β-unsaturated/α-hetero) is 1. The maximum absolute atomic E-state index is 12.3. The summed E-state index contributed by atoms with van der Waals surface area (Å²) in [7, 11) is 0. The molecule has 1 amide bonds. The molecule has 0 saturated heterocycles. The zero-order valence-electron chi connectivity index (χ0n) is 15.4. The first kappa shape index (κ1) is 18.9. The number of benzene rings is 1.